The third-order valence-electron chi connectivity index (χ3n) is 1.93. The van der Waals surface area contributed by atoms with Crippen LogP contribution in [0.25, 0.3) is 11.1 Å². The van der Waals surface area contributed by atoms with Gasteiger partial charge in [0.15, 0.2) is 0 Å². The molecule has 0 amide bonds. The first-order valence-corrected chi connectivity index (χ1v) is 6.06. The molecule has 15 heavy (non-hydrogen) atoms. The summed E-state index contributed by atoms with van der Waals surface area (Å²) in [6, 6.07) is 11.5. The summed E-state index contributed by atoms with van der Waals surface area (Å²) < 4.78 is 0. The number of hydrogen-bond acceptors (Lipinski definition) is 1. The fourth-order valence-electron chi connectivity index (χ4n) is 1.19. The SMILES string of the molecule is Cl/C(=C\c1cccs1)c1ccc(Cl)cc1. The third-order valence-corrected chi connectivity index (χ3v) is 3.33. The highest BCUT2D eigenvalue weighted by Gasteiger charge is 1.98. The van der Waals surface area contributed by atoms with E-state index in [1.807, 2.05) is 47.9 Å². The molecule has 0 saturated heterocycles. The van der Waals surface area contributed by atoms with Gasteiger partial charge in [-0.25, -0.2) is 0 Å². The Kier molecular flexibility index (Phi) is 3.47. The minimum atomic E-state index is 0.722. The molecule has 0 aliphatic carbocycles. The summed E-state index contributed by atoms with van der Waals surface area (Å²) >= 11 is 13.6. The van der Waals surface area contributed by atoms with Gasteiger partial charge in [0.25, 0.3) is 0 Å². The number of halogens is 2. The minimum absolute atomic E-state index is 0.722. The summed E-state index contributed by atoms with van der Waals surface area (Å²) in [6.07, 6.45) is 1.95. The Balaban J connectivity index is 2.28. The normalized spacial score (nSPS) is 11.7. The molecule has 0 aliphatic rings. The molecule has 0 radical (unpaired) electrons. The van der Waals surface area contributed by atoms with Gasteiger partial charge in [0, 0.05) is 14.9 Å². The first-order chi connectivity index (χ1) is 7.25. The number of thiophene rings is 1. The molecule has 1 aromatic heterocycles. The topological polar surface area (TPSA) is 0 Å². The molecule has 0 saturated carbocycles. The van der Waals surface area contributed by atoms with E-state index in [0.717, 1.165) is 20.5 Å². The maximum absolute atomic E-state index is 6.17. The van der Waals surface area contributed by atoms with Crippen molar-refractivity contribution in [3.8, 4) is 0 Å². The van der Waals surface area contributed by atoms with Gasteiger partial charge in [-0.15, -0.1) is 11.3 Å². The van der Waals surface area contributed by atoms with Gasteiger partial charge in [-0.05, 0) is 35.2 Å². The Hall–Kier alpha value is -0.760. The van der Waals surface area contributed by atoms with E-state index in [4.69, 9.17) is 23.2 Å². The van der Waals surface area contributed by atoms with E-state index in [-0.39, 0.29) is 0 Å². The zero-order valence-corrected chi connectivity index (χ0v) is 10.1. The fourth-order valence-corrected chi connectivity index (χ4v) is 2.28. The van der Waals surface area contributed by atoms with Crippen LogP contribution in [0.2, 0.25) is 5.02 Å². The highest BCUT2D eigenvalue weighted by Crippen LogP contribution is 2.25. The Morgan fingerprint density at radius 1 is 1.13 bits per heavy atom. The largest absolute Gasteiger partial charge is 0.144 e. The van der Waals surface area contributed by atoms with Crippen LogP contribution in [0.1, 0.15) is 10.4 Å². The van der Waals surface area contributed by atoms with Crippen molar-refractivity contribution in [3.63, 3.8) is 0 Å². The second kappa shape index (κ2) is 4.84. The molecule has 2 aromatic rings. The predicted octanol–water partition coefficient (Wildman–Crippen LogP) is 5.14. The van der Waals surface area contributed by atoms with E-state index in [1.165, 1.54) is 0 Å². The number of benzene rings is 1. The van der Waals surface area contributed by atoms with E-state index in [2.05, 4.69) is 0 Å². The maximum Gasteiger partial charge on any atom is 0.0492 e. The molecule has 0 spiro atoms. The molecule has 3 heteroatoms. The van der Waals surface area contributed by atoms with E-state index < -0.39 is 0 Å². The van der Waals surface area contributed by atoms with Gasteiger partial charge in [-0.2, -0.15) is 0 Å². The van der Waals surface area contributed by atoms with Gasteiger partial charge >= 0.3 is 0 Å². The molecule has 0 fully saturated rings. The van der Waals surface area contributed by atoms with Gasteiger partial charge in [-0.3, -0.25) is 0 Å². The van der Waals surface area contributed by atoms with Crippen LogP contribution in [-0.4, -0.2) is 0 Å². The molecule has 2 rings (SSSR count). The van der Waals surface area contributed by atoms with Crippen LogP contribution in [0.5, 0.6) is 0 Å². The third kappa shape index (κ3) is 2.85. The molecule has 0 N–H and O–H groups in total. The first-order valence-electron chi connectivity index (χ1n) is 4.42. The fraction of sp³-hybridized carbons (Fsp3) is 0. The summed E-state index contributed by atoms with van der Waals surface area (Å²) in [4.78, 5) is 1.15. The van der Waals surface area contributed by atoms with Crippen molar-refractivity contribution in [2.45, 2.75) is 0 Å². The van der Waals surface area contributed by atoms with Crippen molar-refractivity contribution < 1.29 is 0 Å². The quantitative estimate of drug-likeness (QED) is 0.697. The van der Waals surface area contributed by atoms with E-state index >= 15 is 0 Å². The van der Waals surface area contributed by atoms with Crippen molar-refractivity contribution >= 4 is 45.6 Å². The standard InChI is InChI=1S/C12H8Cl2S/c13-10-5-3-9(4-6-10)12(14)8-11-2-1-7-15-11/h1-8H/b12-8-. The van der Waals surface area contributed by atoms with Crippen molar-refractivity contribution in [3.05, 3.63) is 57.2 Å². The lowest BCUT2D eigenvalue weighted by Crippen LogP contribution is -1.75. The highest BCUT2D eigenvalue weighted by atomic mass is 35.5. The Morgan fingerprint density at radius 3 is 2.47 bits per heavy atom. The van der Waals surface area contributed by atoms with Crippen LogP contribution >= 0.6 is 34.5 Å². The van der Waals surface area contributed by atoms with Crippen LogP contribution in [0.4, 0.5) is 0 Å². The number of rotatable bonds is 2. The average Bonchev–Trinajstić information content (AvgIpc) is 2.71. The molecule has 0 nitrogen and oxygen atoms in total. The molecule has 0 bridgehead atoms. The van der Waals surface area contributed by atoms with Crippen molar-refractivity contribution in [1.29, 1.82) is 0 Å². The predicted molar refractivity (Wildman–Crippen MR) is 69.5 cm³/mol. The van der Waals surface area contributed by atoms with Gasteiger partial charge in [0.05, 0.1) is 0 Å². The van der Waals surface area contributed by atoms with Crippen LogP contribution in [0.15, 0.2) is 41.8 Å². The molecule has 0 unspecified atom stereocenters. The van der Waals surface area contributed by atoms with Crippen LogP contribution < -0.4 is 0 Å². The minimum Gasteiger partial charge on any atom is -0.144 e. The molecule has 1 aromatic carbocycles. The van der Waals surface area contributed by atoms with Crippen molar-refractivity contribution in [2.24, 2.45) is 0 Å². The Labute approximate surface area is 103 Å². The van der Waals surface area contributed by atoms with Crippen LogP contribution in [0.3, 0.4) is 0 Å². The van der Waals surface area contributed by atoms with Gasteiger partial charge < -0.3 is 0 Å². The van der Waals surface area contributed by atoms with Crippen LogP contribution in [-0.2, 0) is 0 Å². The summed E-state index contributed by atoms with van der Waals surface area (Å²) in [5.74, 6) is 0. The Morgan fingerprint density at radius 2 is 1.87 bits per heavy atom. The van der Waals surface area contributed by atoms with E-state index in [9.17, 15) is 0 Å². The molecular weight excluding hydrogens is 247 g/mol. The van der Waals surface area contributed by atoms with E-state index in [1.54, 1.807) is 11.3 Å². The maximum atomic E-state index is 6.17. The summed E-state index contributed by atoms with van der Waals surface area (Å²) in [5.41, 5.74) is 0.981. The molecule has 0 aliphatic heterocycles. The number of hydrogen-bond donors (Lipinski definition) is 0. The molecule has 0 atom stereocenters. The zero-order valence-electron chi connectivity index (χ0n) is 7.78. The molecule has 1 heterocycles. The summed E-state index contributed by atoms with van der Waals surface area (Å²) in [6.45, 7) is 0. The van der Waals surface area contributed by atoms with Crippen LogP contribution in [0, 0.1) is 0 Å². The lowest BCUT2D eigenvalue weighted by atomic mass is 10.2. The average molecular weight is 255 g/mol. The van der Waals surface area contributed by atoms with Crippen molar-refractivity contribution in [1.82, 2.24) is 0 Å². The lowest BCUT2D eigenvalue weighted by molar-refractivity contribution is 1.65. The lowest BCUT2D eigenvalue weighted by Gasteiger charge is -1.98. The van der Waals surface area contributed by atoms with Gasteiger partial charge in [0.2, 0.25) is 0 Å². The first kappa shape index (κ1) is 10.7. The second-order valence-electron chi connectivity index (χ2n) is 3.01. The van der Waals surface area contributed by atoms with Gasteiger partial charge in [0.1, 0.15) is 0 Å². The summed E-state index contributed by atoms with van der Waals surface area (Å²) in [7, 11) is 0. The van der Waals surface area contributed by atoms with Crippen molar-refractivity contribution in [2.75, 3.05) is 0 Å². The van der Waals surface area contributed by atoms with E-state index in [0.29, 0.717) is 0 Å². The molecular formula is C12H8Cl2S. The Bertz CT molecular complexity index is 455. The smallest absolute Gasteiger partial charge is 0.0492 e. The summed E-state index contributed by atoms with van der Waals surface area (Å²) in [5, 5.41) is 3.48. The monoisotopic (exact) mass is 254 g/mol. The highest BCUT2D eigenvalue weighted by molar-refractivity contribution is 7.11. The second-order valence-corrected chi connectivity index (χ2v) is 4.84. The molecule has 76 valence electrons. The van der Waals surface area contributed by atoms with Gasteiger partial charge in [-0.1, -0.05) is 41.4 Å². The zero-order chi connectivity index (χ0) is 10.7.